The van der Waals surface area contributed by atoms with Crippen LogP contribution in [0.4, 0.5) is 0 Å². The van der Waals surface area contributed by atoms with E-state index < -0.39 is 0 Å². The molecule has 0 N–H and O–H groups in total. The van der Waals surface area contributed by atoms with Gasteiger partial charge in [0, 0.05) is 10.0 Å². The zero-order chi connectivity index (χ0) is 15.8. The van der Waals surface area contributed by atoms with Gasteiger partial charge in [0.2, 0.25) is 4.96 Å². The second kappa shape index (κ2) is 5.72. The fourth-order valence-electron chi connectivity index (χ4n) is 2.29. The van der Waals surface area contributed by atoms with Gasteiger partial charge in [0.15, 0.2) is 5.82 Å². The summed E-state index contributed by atoms with van der Waals surface area (Å²) >= 11 is 4.78. The van der Waals surface area contributed by atoms with Crippen LogP contribution in [0, 0.1) is 0 Å². The van der Waals surface area contributed by atoms with E-state index in [4.69, 9.17) is 0 Å². The number of hydrogen-bond donors (Lipinski definition) is 0. The number of fused-ring (bicyclic) bond motifs is 1. The second-order valence-electron chi connectivity index (χ2n) is 4.97. The Hall–Kier alpha value is -2.31. The lowest BCUT2D eigenvalue weighted by molar-refractivity contribution is 0.937. The predicted molar refractivity (Wildman–Crippen MR) is 95.5 cm³/mol. The maximum absolute atomic E-state index is 12.5. The molecule has 0 aliphatic carbocycles. The van der Waals surface area contributed by atoms with Crippen molar-refractivity contribution in [1.29, 1.82) is 0 Å². The van der Waals surface area contributed by atoms with Gasteiger partial charge in [-0.05, 0) is 23.8 Å². The number of benzene rings is 2. The highest BCUT2D eigenvalue weighted by Gasteiger charge is 2.11. The van der Waals surface area contributed by atoms with Gasteiger partial charge in [-0.15, -0.1) is 5.10 Å². The van der Waals surface area contributed by atoms with E-state index in [1.165, 1.54) is 15.9 Å². The van der Waals surface area contributed by atoms with Gasteiger partial charge in [-0.3, -0.25) is 4.79 Å². The summed E-state index contributed by atoms with van der Waals surface area (Å²) < 4.78 is 2.97. The van der Waals surface area contributed by atoms with E-state index in [0.717, 1.165) is 15.6 Å². The highest BCUT2D eigenvalue weighted by Crippen LogP contribution is 2.16. The average molecular weight is 384 g/mol. The molecule has 0 amide bonds. The van der Waals surface area contributed by atoms with E-state index in [2.05, 4.69) is 26.0 Å². The van der Waals surface area contributed by atoms with E-state index in [1.54, 1.807) is 0 Å². The maximum Gasteiger partial charge on any atom is 0.291 e. The molecule has 4 nitrogen and oxygen atoms in total. The first-order chi connectivity index (χ1) is 11.2. The van der Waals surface area contributed by atoms with Crippen LogP contribution in [-0.2, 0) is 0 Å². The Labute approximate surface area is 143 Å². The van der Waals surface area contributed by atoms with Crippen molar-refractivity contribution in [2.45, 2.75) is 0 Å². The highest BCUT2D eigenvalue weighted by molar-refractivity contribution is 9.10. The van der Waals surface area contributed by atoms with Crippen LogP contribution in [0.3, 0.4) is 0 Å². The number of halogens is 1. The molecule has 0 spiro atoms. The lowest BCUT2D eigenvalue weighted by Gasteiger charge is -1.92. The van der Waals surface area contributed by atoms with E-state index in [1.807, 2.05) is 60.7 Å². The van der Waals surface area contributed by atoms with Gasteiger partial charge >= 0.3 is 0 Å². The molecule has 0 saturated heterocycles. The third kappa shape index (κ3) is 2.71. The van der Waals surface area contributed by atoms with E-state index in [-0.39, 0.29) is 5.56 Å². The van der Waals surface area contributed by atoms with Crippen molar-refractivity contribution in [2.24, 2.45) is 0 Å². The Morgan fingerprint density at radius 3 is 2.65 bits per heavy atom. The van der Waals surface area contributed by atoms with Gasteiger partial charge in [0.05, 0.1) is 4.53 Å². The van der Waals surface area contributed by atoms with Crippen molar-refractivity contribution >= 4 is 38.3 Å². The van der Waals surface area contributed by atoms with Gasteiger partial charge in [0.25, 0.3) is 5.56 Å². The SMILES string of the molecule is O=c1/c(=C\c2cccc(Br)c2)sc2nc(-c3ccccc3)nn12. The molecule has 0 radical (unpaired) electrons. The minimum Gasteiger partial charge on any atom is -0.266 e. The van der Waals surface area contributed by atoms with Crippen LogP contribution in [0.15, 0.2) is 63.9 Å². The molecule has 0 saturated carbocycles. The molecule has 23 heavy (non-hydrogen) atoms. The fraction of sp³-hybridized carbons (Fsp3) is 0. The van der Waals surface area contributed by atoms with Crippen LogP contribution in [0.25, 0.3) is 22.4 Å². The second-order valence-corrected chi connectivity index (χ2v) is 6.89. The predicted octanol–water partition coefficient (Wildman–Crippen LogP) is 3.13. The molecule has 4 rings (SSSR count). The molecular formula is C17H10BrN3OS. The molecule has 0 atom stereocenters. The lowest BCUT2D eigenvalue weighted by Crippen LogP contribution is -2.23. The maximum atomic E-state index is 12.5. The molecule has 0 aliphatic heterocycles. The van der Waals surface area contributed by atoms with Crippen molar-refractivity contribution < 1.29 is 0 Å². The van der Waals surface area contributed by atoms with E-state index in [9.17, 15) is 4.79 Å². The van der Waals surface area contributed by atoms with Crippen LogP contribution >= 0.6 is 27.3 Å². The van der Waals surface area contributed by atoms with Crippen molar-refractivity contribution in [2.75, 3.05) is 0 Å². The summed E-state index contributed by atoms with van der Waals surface area (Å²) in [5.41, 5.74) is 1.73. The number of nitrogens with zero attached hydrogens (tertiary/aromatic N) is 3. The summed E-state index contributed by atoms with van der Waals surface area (Å²) in [6.45, 7) is 0. The van der Waals surface area contributed by atoms with Gasteiger partial charge in [-0.1, -0.05) is 69.7 Å². The lowest BCUT2D eigenvalue weighted by atomic mass is 10.2. The summed E-state index contributed by atoms with van der Waals surface area (Å²) in [7, 11) is 0. The number of rotatable bonds is 2. The molecule has 6 heteroatoms. The van der Waals surface area contributed by atoms with Crippen LogP contribution < -0.4 is 10.1 Å². The smallest absolute Gasteiger partial charge is 0.266 e. The van der Waals surface area contributed by atoms with Crippen molar-refractivity contribution in [3.05, 3.63) is 79.5 Å². The monoisotopic (exact) mass is 383 g/mol. The summed E-state index contributed by atoms with van der Waals surface area (Å²) in [4.78, 5) is 17.6. The fourth-order valence-corrected chi connectivity index (χ4v) is 3.62. The van der Waals surface area contributed by atoms with Gasteiger partial charge in [0.1, 0.15) is 0 Å². The summed E-state index contributed by atoms with van der Waals surface area (Å²) in [5, 5.41) is 4.34. The molecule has 0 unspecified atom stereocenters. The van der Waals surface area contributed by atoms with Crippen LogP contribution in [0.1, 0.15) is 5.56 Å². The van der Waals surface area contributed by atoms with Crippen molar-refractivity contribution in [3.8, 4) is 11.4 Å². The topological polar surface area (TPSA) is 47.3 Å². The molecule has 2 heterocycles. The van der Waals surface area contributed by atoms with E-state index in [0.29, 0.717) is 15.3 Å². The normalized spacial score (nSPS) is 12.1. The van der Waals surface area contributed by atoms with Crippen molar-refractivity contribution in [1.82, 2.24) is 14.6 Å². The Morgan fingerprint density at radius 2 is 1.91 bits per heavy atom. The quantitative estimate of drug-likeness (QED) is 0.534. The highest BCUT2D eigenvalue weighted by atomic mass is 79.9. The number of hydrogen-bond acceptors (Lipinski definition) is 4. The minimum atomic E-state index is -0.139. The third-order valence-electron chi connectivity index (χ3n) is 3.36. The molecule has 112 valence electrons. The Balaban J connectivity index is 1.84. The van der Waals surface area contributed by atoms with Crippen molar-refractivity contribution in [3.63, 3.8) is 0 Å². The first-order valence-electron chi connectivity index (χ1n) is 6.93. The summed E-state index contributed by atoms with van der Waals surface area (Å²) in [5.74, 6) is 0.572. The van der Waals surface area contributed by atoms with Gasteiger partial charge in [-0.2, -0.15) is 9.50 Å². The Kier molecular flexibility index (Phi) is 3.55. The third-order valence-corrected chi connectivity index (χ3v) is 4.81. The molecule has 2 aromatic carbocycles. The molecule has 2 aromatic heterocycles. The standard InChI is InChI=1S/C17H10BrN3OS/c18-13-8-4-5-11(9-13)10-14-16(22)21-17(23-14)19-15(20-21)12-6-2-1-3-7-12/h1-10H/b14-10+. The summed E-state index contributed by atoms with van der Waals surface area (Å²) in [6.07, 6.45) is 1.86. The molecule has 4 aromatic rings. The largest absolute Gasteiger partial charge is 0.291 e. The first-order valence-corrected chi connectivity index (χ1v) is 8.54. The molecular weight excluding hydrogens is 374 g/mol. The van der Waals surface area contributed by atoms with Crippen LogP contribution in [0.5, 0.6) is 0 Å². The molecule has 0 fully saturated rings. The van der Waals surface area contributed by atoms with Crippen LogP contribution in [-0.4, -0.2) is 14.6 Å². The first kappa shape index (κ1) is 14.3. The average Bonchev–Trinajstić information content (AvgIpc) is 3.09. The minimum absolute atomic E-state index is 0.139. The van der Waals surface area contributed by atoms with Gasteiger partial charge < -0.3 is 0 Å². The molecule has 0 bridgehead atoms. The van der Waals surface area contributed by atoms with E-state index >= 15 is 0 Å². The molecule has 0 aliphatic rings. The number of thiazole rings is 1. The zero-order valence-corrected chi connectivity index (χ0v) is 14.2. The number of aromatic nitrogens is 3. The summed E-state index contributed by atoms with van der Waals surface area (Å²) in [6, 6.07) is 17.4. The van der Waals surface area contributed by atoms with Crippen LogP contribution in [0.2, 0.25) is 0 Å². The Morgan fingerprint density at radius 1 is 1.09 bits per heavy atom. The Bertz CT molecular complexity index is 1100. The zero-order valence-electron chi connectivity index (χ0n) is 11.8. The van der Waals surface area contributed by atoms with Gasteiger partial charge in [-0.25, -0.2) is 0 Å².